The van der Waals surface area contributed by atoms with Crippen molar-refractivity contribution in [3.63, 3.8) is 0 Å². The molecular formula is C14H12BrN7O3S. The van der Waals surface area contributed by atoms with Crippen LogP contribution in [0.1, 0.15) is 10.4 Å². The van der Waals surface area contributed by atoms with E-state index in [4.69, 9.17) is 5.73 Å². The van der Waals surface area contributed by atoms with Gasteiger partial charge in [-0.25, -0.2) is 4.40 Å². The monoisotopic (exact) mass is 437 g/mol. The lowest BCUT2D eigenvalue weighted by molar-refractivity contribution is -0.119. The van der Waals surface area contributed by atoms with Crippen molar-refractivity contribution >= 4 is 51.1 Å². The van der Waals surface area contributed by atoms with Crippen LogP contribution in [0.15, 0.2) is 44.8 Å². The summed E-state index contributed by atoms with van der Waals surface area (Å²) in [4.78, 5) is 37.6. The number of rotatable bonds is 4. The highest BCUT2D eigenvalue weighted by molar-refractivity contribution is 9.10. The van der Waals surface area contributed by atoms with Crippen molar-refractivity contribution in [3.8, 4) is 0 Å². The number of hydrogen-bond acceptors (Lipinski definition) is 7. The van der Waals surface area contributed by atoms with Crippen molar-refractivity contribution in [2.45, 2.75) is 5.16 Å². The van der Waals surface area contributed by atoms with E-state index < -0.39 is 17.4 Å². The number of carbonyl (C=O) groups is 2. The number of hydrazine groups is 1. The lowest BCUT2D eigenvalue weighted by atomic mass is 10.2. The van der Waals surface area contributed by atoms with E-state index in [9.17, 15) is 14.4 Å². The highest BCUT2D eigenvalue weighted by Gasteiger charge is 2.13. The van der Waals surface area contributed by atoms with E-state index in [2.05, 4.69) is 42.0 Å². The molecule has 1 aromatic carbocycles. The van der Waals surface area contributed by atoms with Gasteiger partial charge in [-0.05, 0) is 24.3 Å². The molecule has 3 aromatic rings. The topological polar surface area (TPSA) is 147 Å². The molecule has 5 N–H and O–H groups in total. The predicted molar refractivity (Wildman–Crippen MR) is 98.5 cm³/mol. The van der Waals surface area contributed by atoms with Crippen LogP contribution in [0.25, 0.3) is 5.78 Å². The van der Waals surface area contributed by atoms with Crippen molar-refractivity contribution in [1.29, 1.82) is 0 Å². The molecule has 0 spiro atoms. The number of aromatic amines is 1. The van der Waals surface area contributed by atoms with Crippen LogP contribution < -0.4 is 22.1 Å². The average molecular weight is 438 g/mol. The maximum Gasteiger partial charge on any atom is 0.269 e. The van der Waals surface area contributed by atoms with Crippen molar-refractivity contribution < 1.29 is 9.59 Å². The van der Waals surface area contributed by atoms with Gasteiger partial charge in [-0.1, -0.05) is 27.7 Å². The standard InChI is InChI=1S/C14H12BrN7O3S/c15-8-3-1-7(2-4-8)12(25)19-18-11(24)6-26-14-21-20-13-17-10(23)5-9(16)22(13)14/h1-5H,6,16H2,(H,18,24)(H,19,25)(H,17,20,23). The Balaban J connectivity index is 1.57. The minimum atomic E-state index is -0.444. The molecular weight excluding hydrogens is 426 g/mol. The van der Waals surface area contributed by atoms with Crippen LogP contribution in [-0.2, 0) is 4.79 Å². The Labute approximate surface area is 158 Å². The number of nitrogens with zero attached hydrogens (tertiary/aromatic N) is 3. The molecule has 0 atom stereocenters. The van der Waals surface area contributed by atoms with Gasteiger partial charge >= 0.3 is 0 Å². The quantitative estimate of drug-likeness (QED) is 0.339. The molecule has 0 unspecified atom stereocenters. The molecule has 0 bridgehead atoms. The minimum Gasteiger partial charge on any atom is -0.385 e. The fourth-order valence-electron chi connectivity index (χ4n) is 1.99. The third-order valence-corrected chi connectivity index (χ3v) is 4.62. The summed E-state index contributed by atoms with van der Waals surface area (Å²) >= 11 is 4.33. The van der Waals surface area contributed by atoms with Gasteiger partial charge < -0.3 is 5.73 Å². The van der Waals surface area contributed by atoms with Crippen molar-refractivity contribution in [3.05, 3.63) is 50.7 Å². The van der Waals surface area contributed by atoms with Gasteiger partial charge in [0.25, 0.3) is 11.5 Å². The lowest BCUT2D eigenvalue weighted by Gasteiger charge is -2.07. The van der Waals surface area contributed by atoms with Crippen LogP contribution in [0.4, 0.5) is 5.82 Å². The largest absolute Gasteiger partial charge is 0.385 e. The van der Waals surface area contributed by atoms with Crippen molar-refractivity contribution in [2.75, 3.05) is 11.5 Å². The summed E-state index contributed by atoms with van der Waals surface area (Å²) in [6.07, 6.45) is 0. The first-order valence-corrected chi connectivity index (χ1v) is 8.93. The molecule has 0 fully saturated rings. The Morgan fingerprint density at radius 3 is 2.69 bits per heavy atom. The second-order valence-electron chi connectivity index (χ2n) is 5.00. The molecule has 0 aliphatic rings. The molecule has 2 heterocycles. The summed E-state index contributed by atoms with van der Waals surface area (Å²) in [7, 11) is 0. The lowest BCUT2D eigenvalue weighted by Crippen LogP contribution is -2.42. The zero-order chi connectivity index (χ0) is 18.7. The first-order valence-electron chi connectivity index (χ1n) is 7.15. The van der Waals surface area contributed by atoms with Gasteiger partial charge in [-0.2, -0.15) is 0 Å². The number of anilines is 1. The van der Waals surface area contributed by atoms with E-state index in [1.807, 2.05) is 0 Å². The molecule has 26 heavy (non-hydrogen) atoms. The summed E-state index contributed by atoms with van der Waals surface area (Å²) < 4.78 is 2.26. The number of nitrogens with one attached hydrogen (secondary N) is 3. The Bertz CT molecular complexity index is 1030. The molecule has 0 aliphatic heterocycles. The number of halogens is 1. The van der Waals surface area contributed by atoms with E-state index in [0.717, 1.165) is 16.2 Å². The minimum absolute atomic E-state index is 0.0417. The van der Waals surface area contributed by atoms with E-state index in [1.165, 1.54) is 10.5 Å². The van der Waals surface area contributed by atoms with Crippen LogP contribution in [0, 0.1) is 0 Å². The Morgan fingerprint density at radius 2 is 1.96 bits per heavy atom. The molecule has 0 saturated carbocycles. The summed E-state index contributed by atoms with van der Waals surface area (Å²) in [5.74, 6) is -0.590. The molecule has 2 aromatic heterocycles. The van der Waals surface area contributed by atoms with Crippen molar-refractivity contribution in [2.24, 2.45) is 0 Å². The Hall–Kier alpha value is -2.86. The second-order valence-corrected chi connectivity index (χ2v) is 6.86. The maximum atomic E-state index is 11.9. The van der Waals surface area contributed by atoms with Gasteiger partial charge in [0.15, 0.2) is 5.16 Å². The zero-order valence-corrected chi connectivity index (χ0v) is 15.4. The first kappa shape index (κ1) is 17.9. The first-order chi connectivity index (χ1) is 12.4. The summed E-state index contributed by atoms with van der Waals surface area (Å²) in [5.41, 5.74) is 10.4. The van der Waals surface area contributed by atoms with E-state index in [0.29, 0.717) is 10.7 Å². The van der Waals surface area contributed by atoms with E-state index in [1.54, 1.807) is 24.3 Å². The number of fused-ring (bicyclic) bond motifs is 1. The van der Waals surface area contributed by atoms with Crippen LogP contribution >= 0.6 is 27.7 Å². The van der Waals surface area contributed by atoms with Gasteiger partial charge in [-0.15, -0.1) is 10.2 Å². The Kier molecular flexibility index (Phi) is 5.23. The van der Waals surface area contributed by atoms with Crippen LogP contribution in [-0.4, -0.2) is 37.1 Å². The second kappa shape index (κ2) is 7.58. The number of H-pyrrole nitrogens is 1. The fraction of sp³-hybridized carbons (Fsp3) is 0.0714. The number of benzene rings is 1. The van der Waals surface area contributed by atoms with Crippen LogP contribution in [0.3, 0.4) is 0 Å². The predicted octanol–water partition coefficient (Wildman–Crippen LogP) is 0.316. The smallest absolute Gasteiger partial charge is 0.269 e. The number of nitrogens with two attached hydrogens (primary N) is 1. The van der Waals surface area contributed by atoms with E-state index in [-0.39, 0.29) is 17.3 Å². The third-order valence-electron chi connectivity index (χ3n) is 3.16. The molecule has 0 saturated heterocycles. The number of thioether (sulfide) groups is 1. The number of carbonyl (C=O) groups excluding carboxylic acids is 2. The normalized spacial score (nSPS) is 10.7. The van der Waals surface area contributed by atoms with Gasteiger partial charge in [0.05, 0.1) is 5.75 Å². The molecule has 0 radical (unpaired) electrons. The highest BCUT2D eigenvalue weighted by atomic mass is 79.9. The number of amides is 2. The summed E-state index contributed by atoms with van der Waals surface area (Å²) in [6.45, 7) is 0. The van der Waals surface area contributed by atoms with Gasteiger partial charge in [-0.3, -0.25) is 30.2 Å². The average Bonchev–Trinajstić information content (AvgIpc) is 3.01. The Morgan fingerprint density at radius 1 is 1.23 bits per heavy atom. The van der Waals surface area contributed by atoms with E-state index >= 15 is 0 Å². The molecule has 10 nitrogen and oxygen atoms in total. The maximum absolute atomic E-state index is 11.9. The number of hydrogen-bond donors (Lipinski definition) is 4. The number of nitrogen functional groups attached to an aromatic ring is 1. The van der Waals surface area contributed by atoms with Gasteiger partial charge in [0.2, 0.25) is 11.7 Å². The summed E-state index contributed by atoms with van der Waals surface area (Å²) in [6, 6.07) is 7.87. The summed E-state index contributed by atoms with van der Waals surface area (Å²) in [5, 5.41) is 8.00. The third kappa shape index (κ3) is 4.03. The van der Waals surface area contributed by atoms with Gasteiger partial charge in [0.1, 0.15) is 5.82 Å². The van der Waals surface area contributed by atoms with Crippen LogP contribution in [0.5, 0.6) is 0 Å². The molecule has 3 rings (SSSR count). The van der Waals surface area contributed by atoms with Crippen molar-refractivity contribution in [1.82, 2.24) is 30.4 Å². The SMILES string of the molecule is Nc1cc(=O)[nH]c2nnc(SCC(=O)NNC(=O)c3ccc(Br)cc3)n12. The highest BCUT2D eigenvalue weighted by Crippen LogP contribution is 2.17. The molecule has 0 aliphatic carbocycles. The van der Waals surface area contributed by atoms with Gasteiger partial charge in [0, 0.05) is 16.1 Å². The zero-order valence-electron chi connectivity index (χ0n) is 13.0. The molecule has 2 amide bonds. The fourth-order valence-corrected chi connectivity index (χ4v) is 3.00. The molecule has 12 heteroatoms. The molecule has 134 valence electrons. The number of aromatic nitrogens is 4. The van der Waals surface area contributed by atoms with Crippen LogP contribution in [0.2, 0.25) is 0 Å².